The minimum atomic E-state index is -1.23. The van der Waals surface area contributed by atoms with Crippen molar-refractivity contribution in [2.75, 3.05) is 17.7 Å². The number of rotatable bonds is 4. The predicted octanol–water partition coefficient (Wildman–Crippen LogP) is 1.45. The van der Waals surface area contributed by atoms with Crippen LogP contribution in [0.1, 0.15) is 27.0 Å². The molecule has 12 nitrogen and oxygen atoms in total. The van der Waals surface area contributed by atoms with E-state index in [1.807, 2.05) is 0 Å². The number of carbonyl (C=O) groups is 2. The number of aromatic nitrogens is 2. The number of ether oxygens (including phenoxy) is 4. The van der Waals surface area contributed by atoms with Crippen LogP contribution in [0.3, 0.4) is 0 Å². The summed E-state index contributed by atoms with van der Waals surface area (Å²) in [6, 6.07) is 1.22. The number of fused-ring (bicyclic) bond motifs is 1. The molecule has 0 aromatic carbocycles. The van der Waals surface area contributed by atoms with Crippen LogP contribution in [0, 0.1) is 5.92 Å². The molecule has 5 heterocycles. The number of nitrogens with one attached hydrogen (secondary N) is 1. The lowest BCUT2D eigenvalue weighted by atomic mass is 9.96. The molecule has 32 heavy (non-hydrogen) atoms. The van der Waals surface area contributed by atoms with Gasteiger partial charge >= 0.3 is 12.1 Å². The molecule has 0 spiro atoms. The van der Waals surface area contributed by atoms with Gasteiger partial charge in [0.1, 0.15) is 24.3 Å². The highest BCUT2D eigenvalue weighted by atomic mass is 16.8. The van der Waals surface area contributed by atoms with Gasteiger partial charge in [-0.05, 0) is 6.92 Å². The van der Waals surface area contributed by atoms with E-state index in [9.17, 15) is 14.4 Å². The Hall–Kier alpha value is -3.67. The van der Waals surface area contributed by atoms with Crippen molar-refractivity contribution >= 4 is 46.6 Å². The first-order valence-electron chi connectivity index (χ1n) is 10.0. The van der Waals surface area contributed by atoms with E-state index in [-0.39, 0.29) is 18.2 Å². The fourth-order valence-electron chi connectivity index (χ4n) is 4.23. The lowest BCUT2D eigenvalue weighted by molar-refractivity contribution is -0.154. The maximum atomic E-state index is 12.0. The van der Waals surface area contributed by atoms with Gasteiger partial charge in [0, 0.05) is 23.3 Å². The molecule has 0 saturated carbocycles. The number of carbonyl (C=O) groups excluding carboxylic acids is 2. The molecule has 1 unspecified atom stereocenters. The molecule has 4 atom stereocenters. The van der Waals surface area contributed by atoms with Crippen LogP contribution in [-0.2, 0) is 23.7 Å². The number of nitrogens with two attached hydrogens (primary N) is 1. The molecule has 0 radical (unpaired) electrons. The Morgan fingerprint density at radius 1 is 1.41 bits per heavy atom. The molecule has 12 heteroatoms. The molecule has 3 N–H and O–H groups in total. The van der Waals surface area contributed by atoms with Gasteiger partial charge in [-0.25, -0.2) is 9.79 Å². The Morgan fingerprint density at radius 3 is 2.94 bits per heavy atom. The first-order chi connectivity index (χ1) is 15.2. The third kappa shape index (κ3) is 2.90. The fraction of sp³-hybridized carbons (Fsp3) is 0.450. The number of hydrogen-bond acceptors (Lipinski definition) is 11. The lowest BCUT2D eigenvalue weighted by Crippen LogP contribution is -2.42. The van der Waals surface area contributed by atoms with E-state index in [1.54, 1.807) is 31.5 Å². The number of hydrogen-bond donors (Lipinski definition) is 2. The van der Waals surface area contributed by atoms with Crippen LogP contribution in [-0.4, -0.2) is 52.4 Å². The predicted molar refractivity (Wildman–Crippen MR) is 112 cm³/mol. The average Bonchev–Trinajstić information content (AvgIpc) is 3.30. The number of anilines is 2. The summed E-state index contributed by atoms with van der Waals surface area (Å²) in [5, 5.41) is 3.90. The second-order valence-electron chi connectivity index (χ2n) is 8.34. The van der Waals surface area contributed by atoms with Gasteiger partial charge in [-0.15, -0.1) is 0 Å². The van der Waals surface area contributed by atoms with E-state index in [4.69, 9.17) is 24.7 Å². The first kappa shape index (κ1) is 20.2. The maximum absolute atomic E-state index is 12.0. The molecule has 2 aromatic rings. The molecule has 168 valence electrons. The van der Waals surface area contributed by atoms with Gasteiger partial charge in [0.15, 0.2) is 17.9 Å². The highest BCUT2D eigenvalue weighted by Crippen LogP contribution is 2.50. The van der Waals surface area contributed by atoms with Gasteiger partial charge in [0.05, 0.1) is 17.6 Å². The van der Waals surface area contributed by atoms with Gasteiger partial charge in [-0.1, -0.05) is 13.8 Å². The second kappa shape index (κ2) is 6.92. The van der Waals surface area contributed by atoms with Crippen molar-refractivity contribution in [2.24, 2.45) is 10.9 Å². The summed E-state index contributed by atoms with van der Waals surface area (Å²) < 4.78 is 24.1. The largest absolute Gasteiger partial charge is 0.509 e. The molecule has 0 aliphatic carbocycles. The van der Waals surface area contributed by atoms with Crippen LogP contribution in [0.5, 0.6) is 0 Å². The summed E-state index contributed by atoms with van der Waals surface area (Å²) in [6.45, 7) is 5.00. The highest BCUT2D eigenvalue weighted by molar-refractivity contribution is 6.10. The molecular formula is C20H21N5O7. The molecular weight excluding hydrogens is 422 g/mol. The molecule has 0 bridgehead atoms. The monoisotopic (exact) mass is 443 g/mol. The first-order valence-corrected chi connectivity index (χ1v) is 10.0. The summed E-state index contributed by atoms with van der Waals surface area (Å²) >= 11 is 0. The van der Waals surface area contributed by atoms with Crippen molar-refractivity contribution in [1.29, 1.82) is 0 Å². The molecule has 3 aliphatic rings. The minimum Gasteiger partial charge on any atom is -0.463 e. The summed E-state index contributed by atoms with van der Waals surface area (Å²) in [7, 11) is 0. The van der Waals surface area contributed by atoms with Gasteiger partial charge in [-0.3, -0.25) is 9.59 Å². The Labute approximate surface area is 181 Å². The molecule has 2 fully saturated rings. The zero-order valence-corrected chi connectivity index (χ0v) is 17.5. The van der Waals surface area contributed by atoms with Crippen molar-refractivity contribution in [2.45, 2.75) is 44.8 Å². The van der Waals surface area contributed by atoms with E-state index < -0.39 is 41.7 Å². The number of nitrogens with zero attached hydrogens (tertiary/aromatic N) is 3. The maximum Gasteiger partial charge on any atom is 0.509 e. The normalized spacial score (nSPS) is 27.8. The van der Waals surface area contributed by atoms with Crippen molar-refractivity contribution < 1.29 is 28.5 Å². The zero-order chi connectivity index (χ0) is 22.8. The number of esters is 1. The van der Waals surface area contributed by atoms with E-state index in [0.717, 1.165) is 0 Å². The van der Waals surface area contributed by atoms with Crippen LogP contribution >= 0.6 is 0 Å². The van der Waals surface area contributed by atoms with Crippen molar-refractivity contribution in [1.82, 2.24) is 9.55 Å². The summed E-state index contributed by atoms with van der Waals surface area (Å²) in [6.07, 6.45) is -0.236. The lowest BCUT2D eigenvalue weighted by Gasteiger charge is -2.27. The quantitative estimate of drug-likeness (QED) is 0.663. The standard InChI is InChI=1S/C20H21N5O7/c1-8(2)17(27)29-6-11-14-20(3,32-19(28)31-14)18(30-11)25-5-9-10(21)4-12(26)24-15-13(9)16(25)23-7-22-15/h4-5,7-8,11,14,18H,6,21H2,1-3H3,(H,22,23,24,26)/t11-,14-,18-,20?/m1/s1. The fourth-order valence-corrected chi connectivity index (χ4v) is 4.23. The summed E-state index contributed by atoms with van der Waals surface area (Å²) in [5.41, 5.74) is 4.61. The van der Waals surface area contributed by atoms with Gasteiger partial charge in [-0.2, -0.15) is 4.98 Å². The minimum absolute atomic E-state index is 0.116. The van der Waals surface area contributed by atoms with Crippen molar-refractivity contribution in [3.05, 3.63) is 22.6 Å². The number of aliphatic imine (C=N–C) groups is 1. The smallest absolute Gasteiger partial charge is 0.463 e. The number of nitrogen functional groups attached to an aromatic ring is 1. The Balaban J connectivity index is 1.60. The Bertz CT molecular complexity index is 1240. The zero-order valence-electron chi connectivity index (χ0n) is 17.5. The highest BCUT2D eigenvalue weighted by Gasteiger charge is 2.64. The molecule has 5 rings (SSSR count). The van der Waals surface area contributed by atoms with E-state index in [1.165, 1.54) is 12.4 Å². The van der Waals surface area contributed by atoms with Gasteiger partial charge in [0.2, 0.25) is 0 Å². The summed E-state index contributed by atoms with van der Waals surface area (Å²) in [5.74, 6) is -0.00282. The van der Waals surface area contributed by atoms with Crippen LogP contribution in [0.4, 0.5) is 22.1 Å². The molecule has 0 amide bonds. The Kier molecular flexibility index (Phi) is 4.38. The van der Waals surface area contributed by atoms with Crippen LogP contribution in [0.25, 0.3) is 10.8 Å². The molecule has 2 saturated heterocycles. The van der Waals surface area contributed by atoms with Crippen LogP contribution < -0.4 is 16.6 Å². The third-order valence-electron chi connectivity index (χ3n) is 5.78. The van der Waals surface area contributed by atoms with E-state index >= 15 is 0 Å². The molecule has 2 aromatic heterocycles. The van der Waals surface area contributed by atoms with Gasteiger partial charge in [0.25, 0.3) is 5.56 Å². The van der Waals surface area contributed by atoms with Gasteiger partial charge < -0.3 is 34.6 Å². The summed E-state index contributed by atoms with van der Waals surface area (Å²) in [4.78, 5) is 44.4. The van der Waals surface area contributed by atoms with Crippen LogP contribution in [0.15, 0.2) is 22.1 Å². The SMILES string of the molecule is CC(C)C(=O)OC[C@H]1O[C@@H](n2cc3c(N)cc(=O)nc4c3c2N=CN4)C2(C)OC(=O)O[C@H]12. The molecule has 3 aliphatic heterocycles. The Morgan fingerprint density at radius 2 is 2.19 bits per heavy atom. The average molecular weight is 443 g/mol. The van der Waals surface area contributed by atoms with Crippen molar-refractivity contribution in [3.8, 4) is 0 Å². The van der Waals surface area contributed by atoms with E-state index in [0.29, 0.717) is 22.4 Å². The van der Waals surface area contributed by atoms with Crippen LogP contribution in [0.2, 0.25) is 0 Å². The van der Waals surface area contributed by atoms with Crippen molar-refractivity contribution in [3.63, 3.8) is 0 Å². The second-order valence-corrected chi connectivity index (χ2v) is 8.34. The van der Waals surface area contributed by atoms with E-state index in [2.05, 4.69) is 15.3 Å². The third-order valence-corrected chi connectivity index (χ3v) is 5.78. The topological polar surface area (TPSA) is 156 Å².